The van der Waals surface area contributed by atoms with Crippen molar-refractivity contribution >= 4 is 0 Å². The lowest BCUT2D eigenvalue weighted by Gasteiger charge is -2.02. The summed E-state index contributed by atoms with van der Waals surface area (Å²) < 4.78 is 10.1. The first-order valence-electron chi connectivity index (χ1n) is 3.54. The average molecular weight is 156 g/mol. The molecule has 0 radical (unpaired) electrons. The van der Waals surface area contributed by atoms with Gasteiger partial charge in [0.25, 0.3) is 5.88 Å². The van der Waals surface area contributed by atoms with Gasteiger partial charge >= 0.3 is 0 Å². The summed E-state index contributed by atoms with van der Waals surface area (Å²) >= 11 is 0. The first-order chi connectivity index (χ1) is 5.22. The van der Waals surface area contributed by atoms with Gasteiger partial charge in [0.05, 0.1) is 12.6 Å². The zero-order chi connectivity index (χ0) is 8.27. The fraction of sp³-hybridized carbons (Fsp3) is 0.571. The molecule has 0 aliphatic rings. The summed E-state index contributed by atoms with van der Waals surface area (Å²) in [6, 6.07) is 1.69. The van der Waals surface area contributed by atoms with Crippen LogP contribution in [-0.2, 0) is 6.54 Å². The molecule has 1 aromatic heterocycles. The predicted octanol–water partition coefficient (Wildman–Crippen LogP) is 0.920. The maximum Gasteiger partial charge on any atom is 0.254 e. The molecule has 0 aliphatic carbocycles. The van der Waals surface area contributed by atoms with Crippen LogP contribution in [0.25, 0.3) is 0 Å². The molecule has 2 N–H and O–H groups in total. The highest BCUT2D eigenvalue weighted by atomic mass is 16.5. The number of nitrogens with two attached hydrogens (primary N) is 1. The van der Waals surface area contributed by atoms with Crippen LogP contribution in [0.5, 0.6) is 5.88 Å². The van der Waals surface area contributed by atoms with E-state index in [9.17, 15) is 0 Å². The molecule has 0 saturated heterocycles. The van der Waals surface area contributed by atoms with Crippen molar-refractivity contribution in [3.8, 4) is 5.88 Å². The van der Waals surface area contributed by atoms with Crippen LogP contribution in [0.4, 0.5) is 0 Å². The minimum Gasteiger partial charge on any atom is -0.473 e. The molecule has 4 nitrogen and oxygen atoms in total. The Morgan fingerprint density at radius 1 is 1.73 bits per heavy atom. The summed E-state index contributed by atoms with van der Waals surface area (Å²) in [5.41, 5.74) is 5.30. The maximum absolute atomic E-state index is 5.30. The van der Waals surface area contributed by atoms with Crippen molar-refractivity contribution in [2.75, 3.05) is 0 Å². The highest BCUT2D eigenvalue weighted by Gasteiger charge is 2.03. The van der Waals surface area contributed by atoms with Crippen molar-refractivity contribution < 1.29 is 9.26 Å². The van der Waals surface area contributed by atoms with Gasteiger partial charge in [-0.15, -0.1) is 0 Å². The molecule has 11 heavy (non-hydrogen) atoms. The van der Waals surface area contributed by atoms with Gasteiger partial charge in [-0.1, -0.05) is 0 Å². The van der Waals surface area contributed by atoms with E-state index in [0.29, 0.717) is 18.2 Å². The van der Waals surface area contributed by atoms with Crippen molar-refractivity contribution in [1.82, 2.24) is 5.16 Å². The van der Waals surface area contributed by atoms with E-state index in [1.165, 1.54) is 0 Å². The summed E-state index contributed by atoms with van der Waals surface area (Å²) in [6.07, 6.45) is 0.116. The van der Waals surface area contributed by atoms with Gasteiger partial charge in [0.15, 0.2) is 5.76 Å². The van der Waals surface area contributed by atoms with E-state index in [-0.39, 0.29) is 6.10 Å². The second-order valence-electron chi connectivity index (χ2n) is 2.50. The third-order valence-electron chi connectivity index (χ3n) is 1.09. The number of aromatic nitrogens is 1. The molecular formula is C7H12N2O2. The Morgan fingerprint density at radius 3 is 2.91 bits per heavy atom. The molecule has 1 heterocycles. The predicted molar refractivity (Wildman–Crippen MR) is 40.2 cm³/mol. The second kappa shape index (κ2) is 3.39. The Kier molecular flexibility index (Phi) is 2.48. The number of hydrogen-bond donors (Lipinski definition) is 1. The summed E-state index contributed by atoms with van der Waals surface area (Å²) in [5, 5.41) is 3.65. The Morgan fingerprint density at radius 2 is 2.45 bits per heavy atom. The smallest absolute Gasteiger partial charge is 0.254 e. The summed E-state index contributed by atoms with van der Waals surface area (Å²) in [5.74, 6) is 1.14. The number of nitrogens with zero attached hydrogens (tertiary/aromatic N) is 1. The molecule has 0 saturated carbocycles. The molecule has 0 aromatic carbocycles. The quantitative estimate of drug-likeness (QED) is 0.706. The normalized spacial score (nSPS) is 10.5. The molecule has 0 amide bonds. The van der Waals surface area contributed by atoms with E-state index >= 15 is 0 Å². The standard InChI is InChI=1S/C7H12N2O2/c1-5(2)10-7-3-6(4-8)11-9-7/h3,5H,4,8H2,1-2H3. The largest absolute Gasteiger partial charge is 0.473 e. The van der Waals surface area contributed by atoms with Crippen LogP contribution in [0.2, 0.25) is 0 Å². The molecule has 0 fully saturated rings. The van der Waals surface area contributed by atoms with Gasteiger partial charge in [0.2, 0.25) is 0 Å². The van der Waals surface area contributed by atoms with Crippen molar-refractivity contribution in [2.24, 2.45) is 5.73 Å². The lowest BCUT2D eigenvalue weighted by Crippen LogP contribution is -2.05. The van der Waals surface area contributed by atoms with E-state index in [4.69, 9.17) is 15.0 Å². The van der Waals surface area contributed by atoms with Gasteiger partial charge < -0.3 is 15.0 Å². The molecule has 62 valence electrons. The zero-order valence-electron chi connectivity index (χ0n) is 6.70. The Labute approximate surface area is 65.3 Å². The van der Waals surface area contributed by atoms with Gasteiger partial charge in [-0.3, -0.25) is 0 Å². The molecule has 1 aromatic rings. The van der Waals surface area contributed by atoms with Crippen LogP contribution in [0.3, 0.4) is 0 Å². The van der Waals surface area contributed by atoms with E-state index < -0.39 is 0 Å². The van der Waals surface area contributed by atoms with Crippen LogP contribution in [0.1, 0.15) is 19.6 Å². The second-order valence-corrected chi connectivity index (χ2v) is 2.50. The van der Waals surface area contributed by atoms with Crippen molar-refractivity contribution in [2.45, 2.75) is 26.5 Å². The van der Waals surface area contributed by atoms with Gasteiger partial charge in [-0.25, -0.2) is 0 Å². The van der Waals surface area contributed by atoms with E-state index in [0.717, 1.165) is 0 Å². The van der Waals surface area contributed by atoms with Crippen LogP contribution >= 0.6 is 0 Å². The maximum atomic E-state index is 5.30. The van der Waals surface area contributed by atoms with Gasteiger partial charge in [-0.2, -0.15) is 0 Å². The van der Waals surface area contributed by atoms with E-state index in [2.05, 4.69) is 5.16 Å². The minimum atomic E-state index is 0.116. The Bertz CT molecular complexity index is 220. The van der Waals surface area contributed by atoms with Gasteiger partial charge in [0.1, 0.15) is 0 Å². The fourth-order valence-electron chi connectivity index (χ4n) is 0.687. The van der Waals surface area contributed by atoms with Gasteiger partial charge in [-0.05, 0) is 19.0 Å². The lowest BCUT2D eigenvalue weighted by atomic mass is 10.4. The average Bonchev–Trinajstić information content (AvgIpc) is 2.34. The van der Waals surface area contributed by atoms with Crippen LogP contribution < -0.4 is 10.5 Å². The number of ether oxygens (including phenoxy) is 1. The van der Waals surface area contributed by atoms with Crippen LogP contribution in [0.15, 0.2) is 10.6 Å². The van der Waals surface area contributed by atoms with Crippen molar-refractivity contribution in [1.29, 1.82) is 0 Å². The summed E-state index contributed by atoms with van der Waals surface area (Å²) in [7, 11) is 0. The third kappa shape index (κ3) is 2.23. The van der Waals surface area contributed by atoms with E-state index in [1.54, 1.807) is 6.07 Å². The topological polar surface area (TPSA) is 61.3 Å². The Hall–Kier alpha value is -1.03. The minimum absolute atomic E-state index is 0.116. The monoisotopic (exact) mass is 156 g/mol. The molecule has 4 heteroatoms. The number of rotatable bonds is 3. The van der Waals surface area contributed by atoms with Crippen molar-refractivity contribution in [3.63, 3.8) is 0 Å². The summed E-state index contributed by atoms with van der Waals surface area (Å²) in [4.78, 5) is 0. The van der Waals surface area contributed by atoms with Crippen LogP contribution in [-0.4, -0.2) is 11.3 Å². The fourth-order valence-corrected chi connectivity index (χ4v) is 0.687. The molecular weight excluding hydrogens is 144 g/mol. The van der Waals surface area contributed by atoms with Gasteiger partial charge in [0, 0.05) is 6.07 Å². The zero-order valence-corrected chi connectivity index (χ0v) is 6.70. The molecule has 0 spiro atoms. The van der Waals surface area contributed by atoms with Crippen molar-refractivity contribution in [3.05, 3.63) is 11.8 Å². The highest BCUT2D eigenvalue weighted by Crippen LogP contribution is 2.11. The highest BCUT2D eigenvalue weighted by molar-refractivity contribution is 5.10. The molecule has 0 atom stereocenters. The van der Waals surface area contributed by atoms with E-state index in [1.807, 2.05) is 13.8 Å². The number of hydrogen-bond acceptors (Lipinski definition) is 4. The molecule has 0 bridgehead atoms. The van der Waals surface area contributed by atoms with Crippen LogP contribution in [0, 0.1) is 0 Å². The first-order valence-corrected chi connectivity index (χ1v) is 3.54. The molecule has 1 rings (SSSR count). The summed E-state index contributed by atoms with van der Waals surface area (Å²) in [6.45, 7) is 4.21. The first kappa shape index (κ1) is 8.07. The SMILES string of the molecule is CC(C)Oc1cc(CN)on1. The third-order valence-corrected chi connectivity index (χ3v) is 1.09. The molecule has 0 aliphatic heterocycles. The molecule has 0 unspecified atom stereocenters. The Balaban J connectivity index is 2.58. The lowest BCUT2D eigenvalue weighted by molar-refractivity contribution is 0.217.